The van der Waals surface area contributed by atoms with Crippen LogP contribution in [0.15, 0.2) is 6.07 Å². The van der Waals surface area contributed by atoms with Crippen LogP contribution in [0.5, 0.6) is 0 Å². The number of carbonyl (C=O) groups excluding carboxylic acids is 1. The molecule has 0 N–H and O–H groups in total. The first-order chi connectivity index (χ1) is 10.2. The lowest BCUT2D eigenvalue weighted by molar-refractivity contribution is 0.0214. The van der Waals surface area contributed by atoms with Crippen LogP contribution in [0.3, 0.4) is 0 Å². The Kier molecular flexibility index (Phi) is 3.67. The molecule has 0 saturated carbocycles. The lowest BCUT2D eigenvalue weighted by Gasteiger charge is -2.35. The van der Waals surface area contributed by atoms with Crippen molar-refractivity contribution in [1.82, 2.24) is 15.1 Å². The van der Waals surface area contributed by atoms with Gasteiger partial charge in [-0.2, -0.15) is 0 Å². The molecule has 0 radical (unpaired) electrons. The summed E-state index contributed by atoms with van der Waals surface area (Å²) in [6, 6.07) is 2.40. The predicted molar refractivity (Wildman–Crippen MR) is 84.3 cm³/mol. The second-order valence-electron chi connectivity index (χ2n) is 7.00. The van der Waals surface area contributed by atoms with Gasteiger partial charge in [0.05, 0.1) is 12.1 Å². The molecule has 0 aliphatic carbocycles. The van der Waals surface area contributed by atoms with Crippen LogP contribution in [0.2, 0.25) is 5.15 Å². The van der Waals surface area contributed by atoms with Crippen LogP contribution in [0, 0.1) is 6.92 Å². The fourth-order valence-corrected chi connectivity index (χ4v) is 3.18. The predicted octanol–water partition coefficient (Wildman–Crippen LogP) is 2.64. The minimum absolute atomic E-state index is 0.178. The summed E-state index contributed by atoms with van der Waals surface area (Å²) < 4.78 is 5.47. The number of likely N-dealkylation sites (tertiary alicyclic amines) is 1. The number of fused-ring (bicyclic) bond motifs is 2. The number of piperazine rings is 1. The Morgan fingerprint density at radius 1 is 1.32 bits per heavy atom. The summed E-state index contributed by atoms with van der Waals surface area (Å²) in [5.41, 5.74) is 0.454. The van der Waals surface area contributed by atoms with Gasteiger partial charge in [0, 0.05) is 13.1 Å². The highest BCUT2D eigenvalue weighted by molar-refractivity contribution is 6.30. The molecule has 120 valence electrons. The number of halogens is 1. The lowest BCUT2D eigenvalue weighted by atomic mass is 10.2. The molecule has 0 unspecified atom stereocenters. The highest BCUT2D eigenvalue weighted by atomic mass is 35.5. The number of hydrogen-bond acceptors (Lipinski definition) is 5. The zero-order chi connectivity index (χ0) is 16.1. The molecule has 2 aliphatic heterocycles. The van der Waals surface area contributed by atoms with Crippen LogP contribution >= 0.6 is 11.6 Å². The second-order valence-corrected chi connectivity index (χ2v) is 7.36. The van der Waals surface area contributed by atoms with Crippen LogP contribution in [-0.4, -0.2) is 52.0 Å². The van der Waals surface area contributed by atoms with Crippen LogP contribution in [0.4, 0.5) is 10.6 Å². The van der Waals surface area contributed by atoms with E-state index in [0.717, 1.165) is 24.3 Å². The smallest absolute Gasteiger partial charge is 0.410 e. The van der Waals surface area contributed by atoms with Gasteiger partial charge < -0.3 is 14.5 Å². The van der Waals surface area contributed by atoms with Gasteiger partial charge in [-0.25, -0.2) is 4.79 Å². The summed E-state index contributed by atoms with van der Waals surface area (Å²) in [7, 11) is 0. The Morgan fingerprint density at radius 2 is 2.05 bits per heavy atom. The molecular formula is C15H21ClN4O2. The van der Waals surface area contributed by atoms with E-state index in [0.29, 0.717) is 11.7 Å². The molecule has 6 nitrogen and oxygen atoms in total. The molecular weight excluding hydrogens is 304 g/mol. The van der Waals surface area contributed by atoms with E-state index in [1.54, 1.807) is 0 Å². The molecule has 2 bridgehead atoms. The van der Waals surface area contributed by atoms with Crippen molar-refractivity contribution in [3.05, 3.63) is 16.8 Å². The van der Waals surface area contributed by atoms with Crippen molar-refractivity contribution in [2.45, 2.75) is 51.8 Å². The van der Waals surface area contributed by atoms with Gasteiger partial charge in [0.1, 0.15) is 5.60 Å². The van der Waals surface area contributed by atoms with E-state index >= 15 is 0 Å². The third kappa shape index (κ3) is 2.84. The Hall–Kier alpha value is -1.56. The third-order valence-corrected chi connectivity index (χ3v) is 4.45. The quantitative estimate of drug-likeness (QED) is 0.794. The second kappa shape index (κ2) is 5.26. The zero-order valence-electron chi connectivity index (χ0n) is 13.3. The summed E-state index contributed by atoms with van der Waals surface area (Å²) in [4.78, 5) is 16.3. The van der Waals surface area contributed by atoms with Gasteiger partial charge in [0.25, 0.3) is 0 Å². The van der Waals surface area contributed by atoms with Crippen molar-refractivity contribution >= 4 is 23.5 Å². The Bertz CT molecular complexity index is 602. The number of ether oxygens (including phenoxy) is 1. The monoisotopic (exact) mass is 324 g/mol. The van der Waals surface area contributed by atoms with E-state index in [2.05, 4.69) is 15.1 Å². The fraction of sp³-hybridized carbons (Fsp3) is 0.667. The summed E-state index contributed by atoms with van der Waals surface area (Å²) in [6.07, 6.45) is 0.723. The summed E-state index contributed by atoms with van der Waals surface area (Å²) >= 11 is 5.93. The topological polar surface area (TPSA) is 58.6 Å². The number of aryl methyl sites for hydroxylation is 1. The van der Waals surface area contributed by atoms with Gasteiger partial charge in [0.15, 0.2) is 11.0 Å². The molecule has 0 spiro atoms. The Balaban J connectivity index is 1.69. The van der Waals surface area contributed by atoms with Gasteiger partial charge in [-0.15, -0.1) is 10.2 Å². The fourth-order valence-electron chi connectivity index (χ4n) is 3.09. The molecule has 2 fully saturated rings. The summed E-state index contributed by atoms with van der Waals surface area (Å²) in [6.45, 7) is 9.01. The number of aromatic nitrogens is 2. The van der Waals surface area contributed by atoms with Crippen molar-refractivity contribution in [2.75, 3.05) is 18.0 Å². The molecule has 0 aromatic carbocycles. The molecule has 3 rings (SSSR count). The Labute approximate surface area is 135 Å². The number of amides is 1. The summed E-state index contributed by atoms with van der Waals surface area (Å²) in [5, 5.41) is 8.59. The average molecular weight is 325 g/mol. The van der Waals surface area contributed by atoms with E-state index < -0.39 is 5.60 Å². The molecule has 1 aromatic rings. The number of anilines is 1. The van der Waals surface area contributed by atoms with Gasteiger partial charge in [-0.3, -0.25) is 0 Å². The first kappa shape index (κ1) is 15.3. The minimum Gasteiger partial charge on any atom is -0.444 e. The van der Waals surface area contributed by atoms with Gasteiger partial charge in [-0.05, 0) is 45.7 Å². The van der Waals surface area contributed by atoms with Crippen molar-refractivity contribution < 1.29 is 9.53 Å². The number of carbonyl (C=O) groups is 1. The number of hydrogen-bond donors (Lipinski definition) is 0. The maximum absolute atomic E-state index is 12.2. The standard InChI is InChI=1S/C15H21ClN4O2/c1-9-5-12(17-18-13(9)16)19-7-11-6-10(19)8-20(11)14(21)22-15(2,3)4/h5,10-11H,6-8H2,1-4H3/t10-,11-/m0/s1. The maximum Gasteiger partial charge on any atom is 0.410 e. The van der Waals surface area contributed by atoms with Crippen LogP contribution in [-0.2, 0) is 4.74 Å². The molecule has 1 amide bonds. The van der Waals surface area contributed by atoms with Gasteiger partial charge in [-0.1, -0.05) is 11.6 Å². The van der Waals surface area contributed by atoms with Crippen molar-refractivity contribution in [3.63, 3.8) is 0 Å². The Morgan fingerprint density at radius 3 is 2.59 bits per heavy atom. The lowest BCUT2D eigenvalue weighted by Crippen LogP contribution is -2.50. The van der Waals surface area contributed by atoms with Crippen molar-refractivity contribution in [3.8, 4) is 0 Å². The number of rotatable bonds is 1. The molecule has 1 aromatic heterocycles. The molecule has 2 atom stereocenters. The van der Waals surface area contributed by atoms with E-state index in [-0.39, 0.29) is 18.2 Å². The SMILES string of the molecule is Cc1cc(N2C[C@@H]3C[C@H]2CN3C(=O)OC(C)(C)C)nnc1Cl. The highest BCUT2D eigenvalue weighted by Crippen LogP contribution is 2.35. The first-order valence-electron chi connectivity index (χ1n) is 7.50. The molecule has 22 heavy (non-hydrogen) atoms. The van der Waals surface area contributed by atoms with Gasteiger partial charge >= 0.3 is 6.09 Å². The molecule has 2 saturated heterocycles. The van der Waals surface area contributed by atoms with E-state index in [1.807, 2.05) is 38.7 Å². The third-order valence-electron chi connectivity index (χ3n) is 4.07. The summed E-state index contributed by atoms with van der Waals surface area (Å²) in [5.74, 6) is 0.832. The number of nitrogens with zero attached hydrogens (tertiary/aromatic N) is 4. The van der Waals surface area contributed by atoms with E-state index in [4.69, 9.17) is 16.3 Å². The van der Waals surface area contributed by atoms with Crippen LogP contribution in [0.25, 0.3) is 0 Å². The minimum atomic E-state index is -0.461. The van der Waals surface area contributed by atoms with Crippen LogP contribution < -0.4 is 4.90 Å². The molecule has 3 heterocycles. The van der Waals surface area contributed by atoms with E-state index in [1.165, 1.54) is 0 Å². The molecule has 7 heteroatoms. The zero-order valence-corrected chi connectivity index (χ0v) is 14.1. The first-order valence-corrected chi connectivity index (χ1v) is 7.88. The highest BCUT2D eigenvalue weighted by Gasteiger charge is 2.47. The van der Waals surface area contributed by atoms with Crippen molar-refractivity contribution in [2.24, 2.45) is 0 Å². The van der Waals surface area contributed by atoms with Crippen molar-refractivity contribution in [1.29, 1.82) is 0 Å². The average Bonchev–Trinajstić information content (AvgIpc) is 2.99. The maximum atomic E-state index is 12.2. The largest absolute Gasteiger partial charge is 0.444 e. The van der Waals surface area contributed by atoms with E-state index in [9.17, 15) is 4.79 Å². The van der Waals surface area contributed by atoms with Crippen LogP contribution in [0.1, 0.15) is 32.8 Å². The normalized spacial score (nSPS) is 24.0. The molecule has 2 aliphatic rings. The van der Waals surface area contributed by atoms with Gasteiger partial charge in [0.2, 0.25) is 0 Å².